The fourth-order valence-electron chi connectivity index (χ4n) is 1.83. The maximum atomic E-state index is 8.62. The van der Waals surface area contributed by atoms with Crippen LogP contribution in [0.2, 0.25) is 5.02 Å². The molecule has 2 rings (SSSR count). The van der Waals surface area contributed by atoms with Gasteiger partial charge in [-0.2, -0.15) is 0 Å². The summed E-state index contributed by atoms with van der Waals surface area (Å²) in [5, 5.41) is 15.7. The molecule has 0 aliphatic carbocycles. The molecule has 0 atom stereocenters. The van der Waals surface area contributed by atoms with Crippen LogP contribution >= 0.6 is 11.6 Å². The lowest BCUT2D eigenvalue weighted by Gasteiger charge is -2.03. The van der Waals surface area contributed by atoms with E-state index in [-0.39, 0.29) is 6.61 Å². The van der Waals surface area contributed by atoms with E-state index in [1.807, 2.05) is 36.4 Å². The highest BCUT2D eigenvalue weighted by Crippen LogP contribution is 2.23. The average Bonchev–Trinajstić information content (AvgIpc) is 2.92. The van der Waals surface area contributed by atoms with Gasteiger partial charge in [0.05, 0.1) is 13.2 Å². The molecule has 1 aromatic carbocycles. The van der Waals surface area contributed by atoms with Crippen LogP contribution in [-0.4, -0.2) is 31.3 Å². The molecule has 108 valence electrons. The van der Waals surface area contributed by atoms with E-state index in [0.717, 1.165) is 35.2 Å². The van der Waals surface area contributed by atoms with Crippen molar-refractivity contribution in [1.29, 1.82) is 0 Å². The third-order valence-corrected chi connectivity index (χ3v) is 3.11. The molecule has 0 aliphatic rings. The van der Waals surface area contributed by atoms with E-state index in [4.69, 9.17) is 21.1 Å². The predicted molar refractivity (Wildman–Crippen MR) is 80.8 cm³/mol. The van der Waals surface area contributed by atoms with Gasteiger partial charge in [0.1, 0.15) is 11.5 Å². The van der Waals surface area contributed by atoms with Crippen LogP contribution in [0.3, 0.4) is 0 Å². The molecule has 0 bridgehead atoms. The minimum Gasteiger partial charge on any atom is -0.460 e. The lowest BCUT2D eigenvalue weighted by atomic mass is 10.2. The highest BCUT2D eigenvalue weighted by molar-refractivity contribution is 6.30. The standard InChI is InChI=1S/C15H19ClN2O2/c16-13-3-1-12(2-4-13)15-6-5-14(20-15)11-18-8-7-17-9-10-19/h1-6,17-19H,7-11H2. The molecule has 0 aliphatic heterocycles. The third kappa shape index (κ3) is 4.65. The SMILES string of the molecule is OCCNCCNCc1ccc(-c2ccc(Cl)cc2)o1. The van der Waals surface area contributed by atoms with E-state index in [2.05, 4.69) is 10.6 Å². The van der Waals surface area contributed by atoms with Crippen molar-refractivity contribution in [2.45, 2.75) is 6.54 Å². The van der Waals surface area contributed by atoms with Crippen LogP contribution in [-0.2, 0) is 6.54 Å². The second kappa shape index (κ2) is 8.07. The van der Waals surface area contributed by atoms with Crippen LogP contribution in [0, 0.1) is 0 Å². The molecule has 0 radical (unpaired) electrons. The number of hydrogen-bond acceptors (Lipinski definition) is 4. The van der Waals surface area contributed by atoms with E-state index >= 15 is 0 Å². The van der Waals surface area contributed by atoms with Gasteiger partial charge in [0.2, 0.25) is 0 Å². The third-order valence-electron chi connectivity index (χ3n) is 2.86. The molecule has 0 saturated carbocycles. The van der Waals surface area contributed by atoms with Crippen molar-refractivity contribution < 1.29 is 9.52 Å². The number of halogens is 1. The fraction of sp³-hybridized carbons (Fsp3) is 0.333. The zero-order valence-corrected chi connectivity index (χ0v) is 12.0. The molecular weight excluding hydrogens is 276 g/mol. The zero-order valence-electron chi connectivity index (χ0n) is 11.2. The summed E-state index contributed by atoms with van der Waals surface area (Å²) >= 11 is 5.86. The normalized spacial score (nSPS) is 10.9. The molecule has 20 heavy (non-hydrogen) atoms. The van der Waals surface area contributed by atoms with Crippen LogP contribution in [0.1, 0.15) is 5.76 Å². The number of rotatable bonds is 8. The first-order valence-electron chi connectivity index (χ1n) is 6.66. The first kappa shape index (κ1) is 15.1. The van der Waals surface area contributed by atoms with E-state index in [9.17, 15) is 0 Å². The molecule has 2 aromatic rings. The van der Waals surface area contributed by atoms with Gasteiger partial charge in [-0.1, -0.05) is 11.6 Å². The number of aliphatic hydroxyl groups excluding tert-OH is 1. The fourth-order valence-corrected chi connectivity index (χ4v) is 1.96. The summed E-state index contributed by atoms with van der Waals surface area (Å²) in [4.78, 5) is 0. The van der Waals surface area contributed by atoms with Crippen LogP contribution < -0.4 is 10.6 Å². The Morgan fingerprint density at radius 2 is 1.70 bits per heavy atom. The van der Waals surface area contributed by atoms with E-state index in [1.54, 1.807) is 0 Å². The Morgan fingerprint density at radius 3 is 2.45 bits per heavy atom. The lowest BCUT2D eigenvalue weighted by Crippen LogP contribution is -2.28. The smallest absolute Gasteiger partial charge is 0.134 e. The van der Waals surface area contributed by atoms with Gasteiger partial charge in [0, 0.05) is 30.2 Å². The maximum Gasteiger partial charge on any atom is 0.134 e. The molecular formula is C15H19ClN2O2. The Kier molecular flexibility index (Phi) is 6.08. The molecule has 1 heterocycles. The van der Waals surface area contributed by atoms with Crippen molar-refractivity contribution >= 4 is 11.6 Å². The van der Waals surface area contributed by atoms with Gasteiger partial charge in [-0.3, -0.25) is 0 Å². The van der Waals surface area contributed by atoms with Gasteiger partial charge in [-0.05, 0) is 36.4 Å². The van der Waals surface area contributed by atoms with Crippen molar-refractivity contribution in [2.75, 3.05) is 26.2 Å². The van der Waals surface area contributed by atoms with Crippen LogP contribution in [0.25, 0.3) is 11.3 Å². The molecule has 4 nitrogen and oxygen atoms in total. The summed E-state index contributed by atoms with van der Waals surface area (Å²) in [6.45, 7) is 3.14. The Labute approximate surface area is 123 Å². The molecule has 0 amide bonds. The van der Waals surface area contributed by atoms with Crippen LogP contribution in [0.5, 0.6) is 0 Å². The van der Waals surface area contributed by atoms with Gasteiger partial charge >= 0.3 is 0 Å². The number of aliphatic hydroxyl groups is 1. The van der Waals surface area contributed by atoms with E-state index in [1.165, 1.54) is 0 Å². The Morgan fingerprint density at radius 1 is 0.950 bits per heavy atom. The monoisotopic (exact) mass is 294 g/mol. The molecule has 5 heteroatoms. The summed E-state index contributed by atoms with van der Waals surface area (Å²) in [7, 11) is 0. The van der Waals surface area contributed by atoms with Crippen LogP contribution in [0.15, 0.2) is 40.8 Å². The minimum absolute atomic E-state index is 0.169. The van der Waals surface area contributed by atoms with Crippen molar-refractivity contribution in [2.24, 2.45) is 0 Å². The number of furan rings is 1. The summed E-state index contributed by atoms with van der Waals surface area (Å²) in [6, 6.07) is 11.5. The molecule has 3 N–H and O–H groups in total. The van der Waals surface area contributed by atoms with E-state index < -0.39 is 0 Å². The summed E-state index contributed by atoms with van der Waals surface area (Å²) in [5.41, 5.74) is 1.02. The Balaban J connectivity index is 1.79. The average molecular weight is 295 g/mol. The van der Waals surface area contributed by atoms with Gasteiger partial charge in [-0.15, -0.1) is 0 Å². The maximum absolute atomic E-state index is 8.62. The van der Waals surface area contributed by atoms with Gasteiger partial charge < -0.3 is 20.2 Å². The number of benzene rings is 1. The number of hydrogen-bond donors (Lipinski definition) is 3. The Bertz CT molecular complexity index is 511. The topological polar surface area (TPSA) is 57.4 Å². The number of nitrogens with one attached hydrogen (secondary N) is 2. The molecule has 0 fully saturated rings. The first-order valence-corrected chi connectivity index (χ1v) is 7.04. The summed E-state index contributed by atoms with van der Waals surface area (Å²) < 4.78 is 5.77. The Hall–Kier alpha value is -1.33. The van der Waals surface area contributed by atoms with Crippen molar-refractivity contribution in [3.05, 3.63) is 47.2 Å². The lowest BCUT2D eigenvalue weighted by molar-refractivity contribution is 0.292. The van der Waals surface area contributed by atoms with Gasteiger partial charge in [0.25, 0.3) is 0 Å². The quantitative estimate of drug-likeness (QED) is 0.654. The van der Waals surface area contributed by atoms with Gasteiger partial charge in [-0.25, -0.2) is 0 Å². The summed E-state index contributed by atoms with van der Waals surface area (Å²) in [6.07, 6.45) is 0. The van der Waals surface area contributed by atoms with Crippen molar-refractivity contribution in [3.63, 3.8) is 0 Å². The highest BCUT2D eigenvalue weighted by Gasteiger charge is 2.04. The highest BCUT2D eigenvalue weighted by atomic mass is 35.5. The molecule has 1 aromatic heterocycles. The van der Waals surface area contributed by atoms with E-state index in [0.29, 0.717) is 13.1 Å². The van der Waals surface area contributed by atoms with Crippen molar-refractivity contribution in [3.8, 4) is 11.3 Å². The molecule has 0 spiro atoms. The molecule has 0 unspecified atom stereocenters. The van der Waals surface area contributed by atoms with Crippen molar-refractivity contribution in [1.82, 2.24) is 10.6 Å². The largest absolute Gasteiger partial charge is 0.460 e. The first-order chi connectivity index (χ1) is 9.79. The predicted octanol–water partition coefficient (Wildman–Crippen LogP) is 2.27. The van der Waals surface area contributed by atoms with Gasteiger partial charge in [0.15, 0.2) is 0 Å². The second-order valence-corrected chi connectivity index (χ2v) is 4.86. The zero-order chi connectivity index (χ0) is 14.2. The van der Waals surface area contributed by atoms with Crippen LogP contribution in [0.4, 0.5) is 0 Å². The minimum atomic E-state index is 0.169. The molecule has 0 saturated heterocycles. The second-order valence-electron chi connectivity index (χ2n) is 4.42. The summed E-state index contributed by atoms with van der Waals surface area (Å²) in [5.74, 6) is 1.74.